The Morgan fingerprint density at radius 3 is 2.85 bits per heavy atom. The number of imidazole rings is 1. The van der Waals surface area contributed by atoms with Crippen molar-refractivity contribution in [2.75, 3.05) is 13.1 Å². The van der Waals surface area contributed by atoms with Gasteiger partial charge in [-0.25, -0.2) is 14.4 Å². The molecule has 1 amide bonds. The molecule has 3 aromatic rings. The first kappa shape index (κ1) is 16.8. The Morgan fingerprint density at radius 1 is 1.27 bits per heavy atom. The van der Waals surface area contributed by atoms with Crippen LogP contribution in [0.2, 0.25) is 0 Å². The zero-order chi connectivity index (χ0) is 17.9. The van der Waals surface area contributed by atoms with Crippen molar-refractivity contribution in [2.24, 2.45) is 0 Å². The zero-order valence-electron chi connectivity index (χ0n) is 14.1. The van der Waals surface area contributed by atoms with Crippen molar-refractivity contribution in [3.8, 4) is 0 Å². The van der Waals surface area contributed by atoms with Crippen LogP contribution in [0.3, 0.4) is 0 Å². The minimum atomic E-state index is -0.571. The third-order valence-electron chi connectivity index (χ3n) is 4.71. The molecule has 26 heavy (non-hydrogen) atoms. The second-order valence-electron chi connectivity index (χ2n) is 6.32. The summed E-state index contributed by atoms with van der Waals surface area (Å²) in [6.07, 6.45) is 7.93. The number of carbonyl (C=O) groups excluding carboxylic acids is 1. The fraction of sp³-hybridized carbons (Fsp3) is 0.333. The van der Waals surface area contributed by atoms with Gasteiger partial charge in [-0.3, -0.25) is 9.78 Å². The standard InChI is InChI=1S/C18H18FN5OS/c19-16-9-20-4-1-15(16)18(25)23-6-2-13(3-7-23)17-21-5-8-24(17)10-14-11-26-12-22-14/h1,4-5,8-9,11-13H,2-3,6-7,10H2. The van der Waals surface area contributed by atoms with Crippen molar-refractivity contribution >= 4 is 17.2 Å². The van der Waals surface area contributed by atoms with E-state index in [2.05, 4.69) is 19.5 Å². The number of pyridine rings is 1. The molecule has 0 spiro atoms. The van der Waals surface area contributed by atoms with Crippen molar-refractivity contribution < 1.29 is 9.18 Å². The van der Waals surface area contributed by atoms with Gasteiger partial charge in [-0.15, -0.1) is 11.3 Å². The van der Waals surface area contributed by atoms with E-state index >= 15 is 0 Å². The molecule has 0 bridgehead atoms. The number of thiazole rings is 1. The van der Waals surface area contributed by atoms with Gasteiger partial charge in [0.1, 0.15) is 5.82 Å². The first-order valence-electron chi connectivity index (χ1n) is 8.49. The lowest BCUT2D eigenvalue weighted by atomic mass is 9.95. The minimum Gasteiger partial charge on any atom is -0.339 e. The van der Waals surface area contributed by atoms with E-state index in [0.717, 1.165) is 30.6 Å². The van der Waals surface area contributed by atoms with Crippen molar-refractivity contribution in [1.29, 1.82) is 0 Å². The Kier molecular flexibility index (Phi) is 4.75. The minimum absolute atomic E-state index is 0.0866. The Hall–Kier alpha value is -2.61. The lowest BCUT2D eigenvalue weighted by Gasteiger charge is -2.32. The average Bonchev–Trinajstić information content (AvgIpc) is 3.34. The van der Waals surface area contributed by atoms with E-state index in [9.17, 15) is 9.18 Å². The van der Waals surface area contributed by atoms with Gasteiger partial charge < -0.3 is 9.47 Å². The van der Waals surface area contributed by atoms with Crippen LogP contribution in [-0.2, 0) is 6.54 Å². The third-order valence-corrected chi connectivity index (χ3v) is 5.35. The van der Waals surface area contributed by atoms with Gasteiger partial charge in [0.15, 0.2) is 5.82 Å². The number of carbonyl (C=O) groups is 1. The van der Waals surface area contributed by atoms with Gasteiger partial charge >= 0.3 is 0 Å². The molecule has 1 saturated heterocycles. The number of hydrogen-bond acceptors (Lipinski definition) is 5. The van der Waals surface area contributed by atoms with Crippen LogP contribution >= 0.6 is 11.3 Å². The monoisotopic (exact) mass is 371 g/mol. The second kappa shape index (κ2) is 7.33. The molecule has 6 nitrogen and oxygen atoms in total. The van der Waals surface area contributed by atoms with E-state index in [-0.39, 0.29) is 17.4 Å². The van der Waals surface area contributed by atoms with E-state index in [1.807, 2.05) is 23.3 Å². The maximum atomic E-state index is 13.8. The highest BCUT2D eigenvalue weighted by Crippen LogP contribution is 2.28. The molecule has 0 aromatic carbocycles. The quantitative estimate of drug-likeness (QED) is 0.707. The summed E-state index contributed by atoms with van der Waals surface area (Å²) in [5.41, 5.74) is 2.94. The first-order valence-corrected chi connectivity index (χ1v) is 9.43. The molecule has 0 atom stereocenters. The van der Waals surface area contributed by atoms with Crippen molar-refractivity contribution in [3.63, 3.8) is 0 Å². The van der Waals surface area contributed by atoms with E-state index in [0.29, 0.717) is 19.6 Å². The summed E-state index contributed by atoms with van der Waals surface area (Å²) in [7, 11) is 0. The van der Waals surface area contributed by atoms with Gasteiger partial charge in [0.2, 0.25) is 0 Å². The van der Waals surface area contributed by atoms with Crippen molar-refractivity contribution in [3.05, 3.63) is 64.6 Å². The summed E-state index contributed by atoms with van der Waals surface area (Å²) in [5, 5.41) is 2.04. The molecule has 1 aliphatic rings. The number of rotatable bonds is 4. The van der Waals surface area contributed by atoms with Gasteiger partial charge in [0.05, 0.1) is 29.5 Å². The second-order valence-corrected chi connectivity index (χ2v) is 7.03. The molecule has 0 aliphatic carbocycles. The molecular formula is C18H18FN5OS. The Bertz CT molecular complexity index is 887. The van der Waals surface area contributed by atoms with Crippen LogP contribution in [0, 0.1) is 5.82 Å². The van der Waals surface area contributed by atoms with Crippen LogP contribution in [0.5, 0.6) is 0 Å². The van der Waals surface area contributed by atoms with E-state index in [1.54, 1.807) is 16.2 Å². The molecule has 4 heterocycles. The van der Waals surface area contributed by atoms with Gasteiger partial charge in [0, 0.05) is 43.0 Å². The number of halogens is 1. The van der Waals surface area contributed by atoms with Crippen LogP contribution in [0.1, 0.15) is 40.6 Å². The van der Waals surface area contributed by atoms with Crippen LogP contribution < -0.4 is 0 Å². The fourth-order valence-electron chi connectivity index (χ4n) is 3.36. The van der Waals surface area contributed by atoms with Gasteiger partial charge in [-0.05, 0) is 18.9 Å². The Balaban J connectivity index is 1.42. The van der Waals surface area contributed by atoms with Crippen LogP contribution in [0.15, 0.2) is 41.7 Å². The average molecular weight is 371 g/mol. The van der Waals surface area contributed by atoms with Crippen molar-refractivity contribution in [1.82, 2.24) is 24.4 Å². The summed E-state index contributed by atoms with van der Waals surface area (Å²) in [4.78, 5) is 26.8. The van der Waals surface area contributed by atoms with Crippen LogP contribution in [-0.4, -0.2) is 43.4 Å². The SMILES string of the molecule is O=C(c1ccncc1F)N1CCC(c2nccn2Cc2cscn2)CC1. The van der Waals surface area contributed by atoms with E-state index < -0.39 is 5.82 Å². The molecule has 1 fully saturated rings. The van der Waals surface area contributed by atoms with Gasteiger partial charge in [-0.1, -0.05) is 0 Å². The predicted octanol–water partition coefficient (Wildman–Crippen LogP) is 2.94. The highest BCUT2D eigenvalue weighted by Gasteiger charge is 2.28. The Morgan fingerprint density at radius 2 is 2.12 bits per heavy atom. The normalized spacial score (nSPS) is 15.3. The summed E-state index contributed by atoms with van der Waals surface area (Å²) in [5.74, 6) is 0.475. The first-order chi connectivity index (χ1) is 12.7. The smallest absolute Gasteiger partial charge is 0.256 e. The summed E-state index contributed by atoms with van der Waals surface area (Å²) < 4.78 is 15.9. The van der Waals surface area contributed by atoms with Crippen molar-refractivity contribution in [2.45, 2.75) is 25.3 Å². The number of piperidine rings is 1. The lowest BCUT2D eigenvalue weighted by Crippen LogP contribution is -2.38. The Labute approximate surface area is 154 Å². The van der Waals surface area contributed by atoms with Crippen LogP contribution in [0.4, 0.5) is 4.39 Å². The maximum Gasteiger partial charge on any atom is 0.256 e. The number of hydrogen-bond donors (Lipinski definition) is 0. The largest absolute Gasteiger partial charge is 0.339 e. The fourth-order valence-corrected chi connectivity index (χ4v) is 3.91. The summed E-state index contributed by atoms with van der Waals surface area (Å²) in [6.45, 7) is 1.89. The highest BCUT2D eigenvalue weighted by molar-refractivity contribution is 7.07. The molecule has 0 N–H and O–H groups in total. The van der Waals surface area contributed by atoms with Gasteiger partial charge in [-0.2, -0.15) is 0 Å². The molecule has 8 heteroatoms. The third kappa shape index (κ3) is 3.37. The number of aromatic nitrogens is 4. The molecule has 0 radical (unpaired) electrons. The van der Waals surface area contributed by atoms with E-state index in [4.69, 9.17) is 0 Å². The molecule has 134 valence electrons. The number of nitrogens with zero attached hydrogens (tertiary/aromatic N) is 5. The predicted molar refractivity (Wildman–Crippen MR) is 95.5 cm³/mol. The molecular weight excluding hydrogens is 353 g/mol. The number of likely N-dealkylation sites (tertiary alicyclic amines) is 1. The zero-order valence-corrected chi connectivity index (χ0v) is 14.9. The van der Waals surface area contributed by atoms with Crippen LogP contribution in [0.25, 0.3) is 0 Å². The summed E-state index contributed by atoms with van der Waals surface area (Å²) in [6, 6.07) is 1.43. The molecule has 0 saturated carbocycles. The summed E-state index contributed by atoms with van der Waals surface area (Å²) >= 11 is 1.58. The topological polar surface area (TPSA) is 63.9 Å². The highest BCUT2D eigenvalue weighted by atomic mass is 32.1. The number of amides is 1. The molecule has 0 unspecified atom stereocenters. The van der Waals surface area contributed by atoms with Gasteiger partial charge in [0.25, 0.3) is 5.91 Å². The lowest BCUT2D eigenvalue weighted by molar-refractivity contribution is 0.0705. The maximum absolute atomic E-state index is 13.8. The molecule has 3 aromatic heterocycles. The molecule has 4 rings (SSSR count). The molecule has 1 aliphatic heterocycles. The van der Waals surface area contributed by atoms with E-state index in [1.165, 1.54) is 12.3 Å².